The average Bonchev–Trinajstić information content (AvgIpc) is 3.11. The molecule has 6 heteroatoms. The number of aromatic amines is 1. The van der Waals surface area contributed by atoms with Gasteiger partial charge in [-0.3, -0.25) is 4.79 Å². The minimum atomic E-state index is -0.285. The van der Waals surface area contributed by atoms with Crippen LogP contribution in [-0.2, 0) is 0 Å². The van der Waals surface area contributed by atoms with Crippen LogP contribution < -0.4 is 5.32 Å². The van der Waals surface area contributed by atoms with E-state index in [4.69, 9.17) is 0 Å². The van der Waals surface area contributed by atoms with Gasteiger partial charge in [-0.1, -0.05) is 0 Å². The second-order valence-electron chi connectivity index (χ2n) is 5.82. The number of halogens is 1. The van der Waals surface area contributed by atoms with Crippen LogP contribution in [0.25, 0.3) is 10.9 Å². The first-order chi connectivity index (χ1) is 10.7. The molecule has 1 saturated carbocycles. The fourth-order valence-corrected chi connectivity index (χ4v) is 6.63. The first kappa shape index (κ1) is 14.5. The van der Waals surface area contributed by atoms with Gasteiger partial charge in [0, 0.05) is 39.0 Å². The second kappa shape index (κ2) is 5.81. The maximum absolute atomic E-state index is 13.2. The van der Waals surface area contributed by atoms with Crippen molar-refractivity contribution >= 4 is 40.3 Å². The summed E-state index contributed by atoms with van der Waals surface area (Å²) in [6.45, 7) is 0. The Labute approximate surface area is 136 Å². The van der Waals surface area contributed by atoms with Crippen molar-refractivity contribution in [2.75, 3.05) is 11.5 Å². The molecule has 1 aliphatic heterocycles. The largest absolute Gasteiger partial charge is 0.351 e. The van der Waals surface area contributed by atoms with Gasteiger partial charge >= 0.3 is 0 Å². The van der Waals surface area contributed by atoms with E-state index in [0.29, 0.717) is 16.2 Å². The third-order valence-electron chi connectivity index (χ3n) is 4.39. The number of H-pyrrole nitrogens is 1. The van der Waals surface area contributed by atoms with E-state index in [9.17, 15) is 9.18 Å². The average molecular weight is 336 g/mol. The quantitative estimate of drug-likeness (QED) is 0.883. The van der Waals surface area contributed by atoms with Gasteiger partial charge in [-0.25, -0.2) is 4.39 Å². The predicted octanol–water partition coefficient (Wildman–Crippen LogP) is 3.42. The van der Waals surface area contributed by atoms with Gasteiger partial charge in [-0.2, -0.15) is 23.5 Å². The van der Waals surface area contributed by atoms with Gasteiger partial charge in [-0.15, -0.1) is 0 Å². The Kier molecular flexibility index (Phi) is 3.82. The summed E-state index contributed by atoms with van der Waals surface area (Å²) < 4.78 is 13.2. The van der Waals surface area contributed by atoms with Crippen molar-refractivity contribution in [3.8, 4) is 0 Å². The molecule has 2 N–H and O–H groups in total. The van der Waals surface area contributed by atoms with Crippen LogP contribution in [-0.4, -0.2) is 38.9 Å². The second-order valence-corrected chi connectivity index (χ2v) is 8.45. The highest BCUT2D eigenvalue weighted by Crippen LogP contribution is 2.42. The minimum Gasteiger partial charge on any atom is -0.351 e. The maximum Gasteiger partial charge on any atom is 0.267 e. The Morgan fingerprint density at radius 1 is 1.23 bits per heavy atom. The van der Waals surface area contributed by atoms with E-state index >= 15 is 0 Å². The molecular weight excluding hydrogens is 319 g/mol. The fourth-order valence-electron chi connectivity index (χ4n) is 3.34. The summed E-state index contributed by atoms with van der Waals surface area (Å²) in [5.41, 5.74) is 1.30. The molecule has 2 fully saturated rings. The van der Waals surface area contributed by atoms with Crippen molar-refractivity contribution in [1.29, 1.82) is 0 Å². The lowest BCUT2D eigenvalue weighted by atomic mass is 10.2. The molecule has 2 aromatic rings. The van der Waals surface area contributed by atoms with Crippen LogP contribution in [0.4, 0.5) is 4.39 Å². The number of carbonyl (C=O) groups is 1. The van der Waals surface area contributed by atoms with Crippen molar-refractivity contribution in [2.45, 2.75) is 29.4 Å². The molecule has 2 aliphatic rings. The van der Waals surface area contributed by atoms with Crippen molar-refractivity contribution in [1.82, 2.24) is 10.3 Å². The van der Waals surface area contributed by atoms with Crippen LogP contribution in [0.1, 0.15) is 23.3 Å². The number of nitrogens with one attached hydrogen (secondary N) is 2. The van der Waals surface area contributed by atoms with Gasteiger partial charge < -0.3 is 10.3 Å². The summed E-state index contributed by atoms with van der Waals surface area (Å²) in [6, 6.07) is 6.49. The van der Waals surface area contributed by atoms with Crippen LogP contribution in [0.2, 0.25) is 0 Å². The fraction of sp³-hybridized carbons (Fsp3) is 0.438. The number of aromatic nitrogens is 1. The standard InChI is InChI=1S/C16H17FN2OS2/c17-10-1-2-11-9(7-10)8-13(18-11)16(20)19-12-3-4-14-15(12)22-6-5-21-14/h1-2,7-8,12,14-15,18H,3-6H2,(H,19,20)/t12-,14+,15-/m1/s1. The van der Waals surface area contributed by atoms with Crippen LogP contribution in [0.3, 0.4) is 0 Å². The molecule has 22 heavy (non-hydrogen) atoms. The molecule has 2 heterocycles. The number of benzene rings is 1. The van der Waals surface area contributed by atoms with Crippen molar-refractivity contribution in [2.24, 2.45) is 0 Å². The molecule has 0 bridgehead atoms. The highest BCUT2D eigenvalue weighted by Gasteiger charge is 2.39. The van der Waals surface area contributed by atoms with E-state index < -0.39 is 0 Å². The smallest absolute Gasteiger partial charge is 0.267 e. The van der Waals surface area contributed by atoms with Crippen LogP contribution in [0.5, 0.6) is 0 Å². The van der Waals surface area contributed by atoms with Crippen LogP contribution >= 0.6 is 23.5 Å². The zero-order valence-electron chi connectivity index (χ0n) is 12.0. The molecule has 1 amide bonds. The summed E-state index contributed by atoms with van der Waals surface area (Å²) in [5, 5.41) is 5.12. The van der Waals surface area contributed by atoms with Crippen LogP contribution in [0.15, 0.2) is 24.3 Å². The Morgan fingerprint density at radius 2 is 2.09 bits per heavy atom. The number of amides is 1. The Balaban J connectivity index is 1.51. The predicted molar refractivity (Wildman–Crippen MR) is 91.2 cm³/mol. The number of hydrogen-bond acceptors (Lipinski definition) is 3. The number of fused-ring (bicyclic) bond motifs is 2. The number of carbonyl (C=O) groups excluding carboxylic acids is 1. The van der Waals surface area contributed by atoms with Crippen molar-refractivity contribution in [3.05, 3.63) is 35.8 Å². The topological polar surface area (TPSA) is 44.9 Å². The molecule has 3 atom stereocenters. The number of hydrogen-bond donors (Lipinski definition) is 2. The monoisotopic (exact) mass is 336 g/mol. The Bertz CT molecular complexity index is 717. The zero-order valence-corrected chi connectivity index (χ0v) is 13.6. The molecule has 3 nitrogen and oxygen atoms in total. The molecule has 116 valence electrons. The summed E-state index contributed by atoms with van der Waals surface area (Å²) >= 11 is 4.03. The van der Waals surface area contributed by atoms with Gasteiger partial charge in [0.05, 0.1) is 0 Å². The zero-order chi connectivity index (χ0) is 15.1. The van der Waals surface area contributed by atoms with Crippen molar-refractivity contribution < 1.29 is 9.18 Å². The molecule has 0 radical (unpaired) electrons. The van der Waals surface area contributed by atoms with Gasteiger partial charge in [0.2, 0.25) is 0 Å². The lowest BCUT2D eigenvalue weighted by Crippen LogP contribution is -2.42. The Hall–Kier alpha value is -1.14. The lowest BCUT2D eigenvalue weighted by molar-refractivity contribution is 0.0934. The van der Waals surface area contributed by atoms with Crippen LogP contribution in [0, 0.1) is 5.82 Å². The maximum atomic E-state index is 13.2. The van der Waals surface area contributed by atoms with E-state index in [2.05, 4.69) is 10.3 Å². The summed E-state index contributed by atoms with van der Waals surface area (Å²) in [5.74, 6) is 2.02. The number of rotatable bonds is 2. The molecular formula is C16H17FN2OS2. The van der Waals surface area contributed by atoms with E-state index in [1.165, 1.54) is 30.1 Å². The summed E-state index contributed by atoms with van der Waals surface area (Å²) in [7, 11) is 0. The highest BCUT2D eigenvalue weighted by molar-refractivity contribution is 8.07. The summed E-state index contributed by atoms with van der Waals surface area (Å²) in [6.07, 6.45) is 2.24. The first-order valence-corrected chi connectivity index (χ1v) is 9.63. The molecule has 0 spiro atoms. The van der Waals surface area contributed by atoms with E-state index in [-0.39, 0.29) is 17.8 Å². The van der Waals surface area contributed by atoms with E-state index in [1.807, 2.05) is 23.5 Å². The number of thioether (sulfide) groups is 2. The van der Waals surface area contributed by atoms with Gasteiger partial charge in [0.25, 0.3) is 5.91 Å². The SMILES string of the molecule is O=C(N[C@@H]1CC[C@@H]2SCCS[C@@H]21)c1cc2cc(F)ccc2[nH]1. The molecule has 4 rings (SSSR count). The highest BCUT2D eigenvalue weighted by atomic mass is 32.2. The molecule has 1 saturated heterocycles. The van der Waals surface area contributed by atoms with Crippen molar-refractivity contribution in [3.63, 3.8) is 0 Å². The van der Waals surface area contributed by atoms with E-state index in [1.54, 1.807) is 12.1 Å². The third-order valence-corrected chi connectivity index (χ3v) is 7.70. The summed E-state index contributed by atoms with van der Waals surface area (Å²) in [4.78, 5) is 15.6. The lowest BCUT2D eigenvalue weighted by Gasteiger charge is -2.28. The normalized spacial score (nSPS) is 27.8. The van der Waals surface area contributed by atoms with E-state index in [0.717, 1.165) is 17.3 Å². The molecule has 0 unspecified atom stereocenters. The molecule has 1 aliphatic carbocycles. The van der Waals surface area contributed by atoms with Gasteiger partial charge in [-0.05, 0) is 37.1 Å². The molecule has 1 aromatic carbocycles. The molecule has 1 aromatic heterocycles. The third kappa shape index (κ3) is 2.63. The van der Waals surface area contributed by atoms with Gasteiger partial charge in [0.15, 0.2) is 0 Å². The minimum absolute atomic E-state index is 0.0848. The van der Waals surface area contributed by atoms with Gasteiger partial charge in [0.1, 0.15) is 11.5 Å². The first-order valence-electron chi connectivity index (χ1n) is 7.53. The Morgan fingerprint density at radius 3 is 3.00 bits per heavy atom.